The van der Waals surface area contributed by atoms with Gasteiger partial charge in [0.2, 0.25) is 5.88 Å². The van der Waals surface area contributed by atoms with E-state index < -0.39 is 0 Å². The lowest BCUT2D eigenvalue weighted by molar-refractivity contribution is 0.460. The minimum absolute atomic E-state index is 0.563. The van der Waals surface area contributed by atoms with E-state index in [-0.39, 0.29) is 0 Å². The van der Waals surface area contributed by atoms with E-state index in [4.69, 9.17) is 16.3 Å². The lowest BCUT2D eigenvalue weighted by atomic mass is 10.2. The van der Waals surface area contributed by atoms with Crippen molar-refractivity contribution in [1.29, 1.82) is 0 Å². The van der Waals surface area contributed by atoms with Gasteiger partial charge < -0.3 is 10.1 Å². The molecule has 1 aromatic carbocycles. The molecule has 1 N–H and O–H groups in total. The molecular formula is C17H21ClN2O. The Morgan fingerprint density at radius 2 is 1.95 bits per heavy atom. The molecule has 0 aliphatic carbocycles. The zero-order chi connectivity index (χ0) is 15.2. The van der Waals surface area contributed by atoms with Gasteiger partial charge in [-0.05, 0) is 37.1 Å². The fourth-order valence-electron chi connectivity index (χ4n) is 1.95. The van der Waals surface area contributed by atoms with E-state index in [0.717, 1.165) is 18.8 Å². The number of nitrogens with zero attached hydrogens (tertiary/aromatic N) is 1. The van der Waals surface area contributed by atoms with Crippen LogP contribution in [0.5, 0.6) is 11.6 Å². The Hall–Kier alpha value is -1.58. The second-order valence-corrected chi connectivity index (χ2v) is 5.86. The Morgan fingerprint density at radius 3 is 2.62 bits per heavy atom. The number of aromatic nitrogens is 1. The molecular weight excluding hydrogens is 284 g/mol. The van der Waals surface area contributed by atoms with Crippen LogP contribution < -0.4 is 10.1 Å². The van der Waals surface area contributed by atoms with Crippen molar-refractivity contribution in [3.63, 3.8) is 0 Å². The highest BCUT2D eigenvalue weighted by Crippen LogP contribution is 2.28. The van der Waals surface area contributed by atoms with Gasteiger partial charge in [0.1, 0.15) is 5.75 Å². The molecule has 0 aliphatic rings. The van der Waals surface area contributed by atoms with Crippen molar-refractivity contribution in [1.82, 2.24) is 10.3 Å². The van der Waals surface area contributed by atoms with E-state index in [9.17, 15) is 0 Å². The van der Waals surface area contributed by atoms with Crippen molar-refractivity contribution >= 4 is 11.6 Å². The molecule has 2 rings (SSSR count). The molecule has 1 aromatic heterocycles. The molecule has 112 valence electrons. The normalized spacial score (nSPS) is 10.9. The van der Waals surface area contributed by atoms with Crippen LogP contribution in [0.1, 0.15) is 25.1 Å². The highest BCUT2D eigenvalue weighted by Gasteiger charge is 2.06. The van der Waals surface area contributed by atoms with Crippen LogP contribution in [0.15, 0.2) is 36.4 Å². The van der Waals surface area contributed by atoms with Crippen molar-refractivity contribution in [3.8, 4) is 11.6 Å². The number of hydrogen-bond acceptors (Lipinski definition) is 3. The van der Waals surface area contributed by atoms with E-state index in [2.05, 4.69) is 24.1 Å². The highest BCUT2D eigenvalue weighted by molar-refractivity contribution is 6.32. The number of hydrogen-bond donors (Lipinski definition) is 1. The number of nitrogens with one attached hydrogen (secondary N) is 1. The van der Waals surface area contributed by atoms with Gasteiger partial charge in [-0.1, -0.05) is 43.6 Å². The summed E-state index contributed by atoms with van der Waals surface area (Å²) >= 11 is 6.08. The third-order valence-electron chi connectivity index (χ3n) is 3.09. The molecule has 0 saturated carbocycles. The maximum Gasteiger partial charge on any atom is 0.219 e. The minimum atomic E-state index is 0.563. The third-order valence-corrected chi connectivity index (χ3v) is 3.40. The molecule has 0 unspecified atom stereocenters. The average Bonchev–Trinajstić information content (AvgIpc) is 2.43. The van der Waals surface area contributed by atoms with Gasteiger partial charge in [0.25, 0.3) is 0 Å². The van der Waals surface area contributed by atoms with Crippen LogP contribution in [0.4, 0.5) is 0 Å². The Kier molecular flexibility index (Phi) is 5.59. The summed E-state index contributed by atoms with van der Waals surface area (Å²) in [5.41, 5.74) is 2.15. The monoisotopic (exact) mass is 304 g/mol. The van der Waals surface area contributed by atoms with Gasteiger partial charge in [-0.3, -0.25) is 0 Å². The smallest absolute Gasteiger partial charge is 0.219 e. The SMILES string of the molecule is Cc1nc(Oc2ccccc2Cl)ccc1CNCC(C)C. The summed E-state index contributed by atoms with van der Waals surface area (Å²) in [4.78, 5) is 4.49. The van der Waals surface area contributed by atoms with Gasteiger partial charge in [0.15, 0.2) is 0 Å². The maximum absolute atomic E-state index is 6.08. The number of benzene rings is 1. The van der Waals surface area contributed by atoms with Gasteiger partial charge in [-0.15, -0.1) is 0 Å². The molecule has 0 fully saturated rings. The fourth-order valence-corrected chi connectivity index (χ4v) is 2.12. The van der Waals surface area contributed by atoms with Gasteiger partial charge in [-0.2, -0.15) is 0 Å². The third kappa shape index (κ3) is 4.73. The molecule has 4 heteroatoms. The van der Waals surface area contributed by atoms with Gasteiger partial charge in [0, 0.05) is 18.3 Å². The van der Waals surface area contributed by atoms with Crippen LogP contribution in [0, 0.1) is 12.8 Å². The van der Waals surface area contributed by atoms with Gasteiger partial charge in [-0.25, -0.2) is 4.98 Å². The highest BCUT2D eigenvalue weighted by atomic mass is 35.5. The van der Waals surface area contributed by atoms with Crippen molar-refractivity contribution < 1.29 is 4.74 Å². The standard InChI is InChI=1S/C17H21ClN2O/c1-12(2)10-19-11-14-8-9-17(20-13(14)3)21-16-7-5-4-6-15(16)18/h4-9,12,19H,10-11H2,1-3H3. The Morgan fingerprint density at radius 1 is 1.19 bits per heavy atom. The summed E-state index contributed by atoms with van der Waals surface area (Å²) < 4.78 is 5.72. The first-order valence-electron chi connectivity index (χ1n) is 7.16. The van der Waals surface area contributed by atoms with E-state index in [1.807, 2.05) is 37.3 Å². The zero-order valence-corrected chi connectivity index (χ0v) is 13.4. The summed E-state index contributed by atoms with van der Waals surface area (Å²) in [7, 11) is 0. The number of rotatable bonds is 6. The van der Waals surface area contributed by atoms with Crippen molar-refractivity contribution in [2.75, 3.05) is 6.54 Å². The molecule has 3 nitrogen and oxygen atoms in total. The molecule has 0 saturated heterocycles. The number of ether oxygens (including phenoxy) is 1. The molecule has 1 heterocycles. The number of halogens is 1. The number of para-hydroxylation sites is 1. The van der Waals surface area contributed by atoms with E-state index >= 15 is 0 Å². The van der Waals surface area contributed by atoms with Crippen LogP contribution in [-0.2, 0) is 6.54 Å². The van der Waals surface area contributed by atoms with E-state index in [0.29, 0.717) is 22.6 Å². The fraction of sp³-hybridized carbons (Fsp3) is 0.353. The first-order chi connectivity index (χ1) is 10.1. The van der Waals surface area contributed by atoms with Crippen molar-refractivity contribution in [2.45, 2.75) is 27.3 Å². The lowest BCUT2D eigenvalue weighted by Gasteiger charge is -2.11. The Labute approximate surface area is 131 Å². The molecule has 0 spiro atoms. The predicted molar refractivity (Wildman–Crippen MR) is 87.0 cm³/mol. The van der Waals surface area contributed by atoms with Crippen LogP contribution >= 0.6 is 11.6 Å². The molecule has 0 radical (unpaired) electrons. The van der Waals surface area contributed by atoms with Crippen LogP contribution in [0.25, 0.3) is 0 Å². The van der Waals surface area contributed by atoms with Crippen LogP contribution in [0.2, 0.25) is 5.02 Å². The van der Waals surface area contributed by atoms with Crippen LogP contribution in [0.3, 0.4) is 0 Å². The summed E-state index contributed by atoms with van der Waals surface area (Å²) in [5.74, 6) is 1.83. The molecule has 0 atom stereocenters. The van der Waals surface area contributed by atoms with E-state index in [1.165, 1.54) is 5.56 Å². The summed E-state index contributed by atoms with van der Waals surface area (Å²) in [6.07, 6.45) is 0. The zero-order valence-electron chi connectivity index (χ0n) is 12.7. The Balaban J connectivity index is 2.03. The second-order valence-electron chi connectivity index (χ2n) is 5.45. The van der Waals surface area contributed by atoms with Gasteiger partial charge in [0.05, 0.1) is 5.02 Å². The van der Waals surface area contributed by atoms with E-state index in [1.54, 1.807) is 6.07 Å². The molecule has 0 amide bonds. The average molecular weight is 305 g/mol. The quantitative estimate of drug-likeness (QED) is 0.848. The molecule has 0 bridgehead atoms. The number of pyridine rings is 1. The summed E-state index contributed by atoms with van der Waals surface area (Å²) in [6.45, 7) is 8.20. The first kappa shape index (κ1) is 15.8. The number of aryl methyl sites for hydroxylation is 1. The topological polar surface area (TPSA) is 34.1 Å². The first-order valence-corrected chi connectivity index (χ1v) is 7.53. The predicted octanol–water partition coefficient (Wildman–Crippen LogP) is 4.58. The van der Waals surface area contributed by atoms with Gasteiger partial charge >= 0.3 is 0 Å². The lowest BCUT2D eigenvalue weighted by Crippen LogP contribution is -2.19. The second kappa shape index (κ2) is 7.43. The molecule has 21 heavy (non-hydrogen) atoms. The maximum atomic E-state index is 6.08. The van der Waals surface area contributed by atoms with Crippen molar-refractivity contribution in [2.24, 2.45) is 5.92 Å². The van der Waals surface area contributed by atoms with Crippen LogP contribution in [-0.4, -0.2) is 11.5 Å². The largest absolute Gasteiger partial charge is 0.437 e. The Bertz CT molecular complexity index is 599. The summed E-state index contributed by atoms with van der Waals surface area (Å²) in [5, 5.41) is 4.00. The summed E-state index contributed by atoms with van der Waals surface area (Å²) in [6, 6.07) is 11.3. The van der Waals surface area contributed by atoms with Crippen molar-refractivity contribution in [3.05, 3.63) is 52.7 Å². The molecule has 2 aromatic rings. The minimum Gasteiger partial charge on any atom is -0.437 e. The molecule has 0 aliphatic heterocycles.